The van der Waals surface area contributed by atoms with Gasteiger partial charge in [0.2, 0.25) is 0 Å². The van der Waals surface area contributed by atoms with E-state index in [0.717, 1.165) is 10.2 Å². The number of benzene rings is 4. The van der Waals surface area contributed by atoms with Crippen LogP contribution in [0, 0.1) is 10.1 Å². The third kappa shape index (κ3) is 5.03. The minimum absolute atomic E-state index is 0.0312. The lowest BCUT2D eigenvalue weighted by molar-refractivity contribution is -0.384. The molecule has 1 aliphatic heterocycles. The molecule has 0 atom stereocenters. The zero-order chi connectivity index (χ0) is 28.5. The van der Waals surface area contributed by atoms with Gasteiger partial charge in [-0.15, -0.1) is 0 Å². The molecule has 0 unspecified atom stereocenters. The van der Waals surface area contributed by atoms with Crippen molar-refractivity contribution in [3.05, 3.63) is 128 Å². The molecule has 41 heavy (non-hydrogen) atoms. The predicted octanol–water partition coefficient (Wildman–Crippen LogP) is 5.58. The van der Waals surface area contributed by atoms with Crippen molar-refractivity contribution in [2.75, 3.05) is 31.1 Å². The standard InChI is InChI=1S/C31H24ClN5O4/c32-23-12-10-21(11-13-23)29-25-8-4-5-9-26(25)31(39)36(33-29)28-20-24(14-15-27(28)37(40)41)34-16-18-35(19-17-34)30(38)22-6-2-1-3-7-22/h1-15,20H,16-19H2. The molecule has 0 spiro atoms. The fourth-order valence-corrected chi connectivity index (χ4v) is 5.26. The molecule has 10 heteroatoms. The first-order chi connectivity index (χ1) is 19.9. The Morgan fingerprint density at radius 3 is 2.17 bits per heavy atom. The maximum absolute atomic E-state index is 13.7. The summed E-state index contributed by atoms with van der Waals surface area (Å²) in [6, 6.07) is 27.9. The summed E-state index contributed by atoms with van der Waals surface area (Å²) >= 11 is 6.10. The van der Waals surface area contributed by atoms with E-state index in [1.54, 1.807) is 71.6 Å². The van der Waals surface area contributed by atoms with E-state index in [9.17, 15) is 19.7 Å². The van der Waals surface area contributed by atoms with Crippen LogP contribution >= 0.6 is 11.6 Å². The first-order valence-corrected chi connectivity index (χ1v) is 13.4. The second-order valence-corrected chi connectivity index (χ2v) is 10.1. The van der Waals surface area contributed by atoms with Crippen molar-refractivity contribution in [1.29, 1.82) is 0 Å². The largest absolute Gasteiger partial charge is 0.368 e. The summed E-state index contributed by atoms with van der Waals surface area (Å²) in [5.74, 6) is -0.0312. The highest BCUT2D eigenvalue weighted by Gasteiger charge is 2.26. The van der Waals surface area contributed by atoms with Gasteiger partial charge in [0.05, 0.1) is 16.0 Å². The zero-order valence-corrected chi connectivity index (χ0v) is 22.6. The van der Waals surface area contributed by atoms with E-state index >= 15 is 0 Å². The molecule has 1 saturated heterocycles. The number of hydrogen-bond donors (Lipinski definition) is 0. The number of hydrogen-bond acceptors (Lipinski definition) is 6. The van der Waals surface area contributed by atoms with E-state index < -0.39 is 10.5 Å². The van der Waals surface area contributed by atoms with Crippen LogP contribution in [0.15, 0.2) is 102 Å². The van der Waals surface area contributed by atoms with Gasteiger partial charge in [-0.3, -0.25) is 19.7 Å². The van der Waals surface area contributed by atoms with Gasteiger partial charge in [0.1, 0.15) is 5.69 Å². The van der Waals surface area contributed by atoms with E-state index in [-0.39, 0.29) is 17.3 Å². The number of halogens is 1. The number of carbonyl (C=O) groups excluding carboxylic acids is 1. The van der Waals surface area contributed by atoms with E-state index in [0.29, 0.717) is 58.9 Å². The number of aromatic nitrogens is 2. The van der Waals surface area contributed by atoms with Crippen LogP contribution in [0.3, 0.4) is 0 Å². The number of nitrogens with zero attached hydrogens (tertiary/aromatic N) is 5. The molecule has 2 heterocycles. The second-order valence-electron chi connectivity index (χ2n) is 9.69. The second kappa shape index (κ2) is 10.9. The molecule has 1 aromatic heterocycles. The molecule has 0 saturated carbocycles. The Morgan fingerprint density at radius 1 is 0.829 bits per heavy atom. The molecule has 1 aliphatic rings. The predicted molar refractivity (Wildman–Crippen MR) is 159 cm³/mol. The lowest BCUT2D eigenvalue weighted by Crippen LogP contribution is -2.48. The Kier molecular flexibility index (Phi) is 6.94. The molecule has 0 N–H and O–H groups in total. The SMILES string of the molecule is O=C(c1ccccc1)N1CCN(c2ccc([N+](=O)[O-])c(-n3nc(-c4ccc(Cl)cc4)c4ccccc4c3=O)c2)CC1. The van der Waals surface area contributed by atoms with Crippen LogP contribution in [0.1, 0.15) is 10.4 Å². The van der Waals surface area contributed by atoms with Crippen molar-refractivity contribution in [2.45, 2.75) is 0 Å². The molecule has 0 aliphatic carbocycles. The molecule has 1 fully saturated rings. The molecule has 4 aromatic carbocycles. The first kappa shape index (κ1) is 26.2. The smallest absolute Gasteiger partial charge is 0.295 e. The van der Waals surface area contributed by atoms with Gasteiger partial charge in [-0.1, -0.05) is 60.1 Å². The van der Waals surface area contributed by atoms with Crippen molar-refractivity contribution < 1.29 is 9.72 Å². The van der Waals surface area contributed by atoms with Crippen LogP contribution in [0.5, 0.6) is 0 Å². The van der Waals surface area contributed by atoms with Gasteiger partial charge in [0.15, 0.2) is 0 Å². The summed E-state index contributed by atoms with van der Waals surface area (Å²) in [5, 5.41) is 18.3. The number of amides is 1. The molecule has 5 aromatic rings. The van der Waals surface area contributed by atoms with Gasteiger partial charge < -0.3 is 9.80 Å². The number of carbonyl (C=O) groups is 1. The summed E-state index contributed by atoms with van der Waals surface area (Å²) in [7, 11) is 0. The van der Waals surface area contributed by atoms with Crippen LogP contribution in [0.4, 0.5) is 11.4 Å². The van der Waals surface area contributed by atoms with Crippen LogP contribution in [-0.4, -0.2) is 51.7 Å². The minimum atomic E-state index is -0.513. The zero-order valence-electron chi connectivity index (χ0n) is 21.8. The van der Waals surface area contributed by atoms with Crippen molar-refractivity contribution in [2.24, 2.45) is 0 Å². The highest BCUT2D eigenvalue weighted by Crippen LogP contribution is 2.31. The highest BCUT2D eigenvalue weighted by molar-refractivity contribution is 6.30. The molecule has 6 rings (SSSR count). The van der Waals surface area contributed by atoms with Crippen molar-refractivity contribution in [3.8, 4) is 16.9 Å². The fraction of sp³-hybridized carbons (Fsp3) is 0.129. The molecule has 0 radical (unpaired) electrons. The lowest BCUT2D eigenvalue weighted by Gasteiger charge is -2.36. The number of anilines is 1. The monoisotopic (exact) mass is 565 g/mol. The van der Waals surface area contributed by atoms with Gasteiger partial charge in [-0.05, 0) is 42.5 Å². The summed E-state index contributed by atoms with van der Waals surface area (Å²) in [4.78, 5) is 42.0. The third-order valence-electron chi connectivity index (χ3n) is 7.26. The average molecular weight is 566 g/mol. The summed E-state index contributed by atoms with van der Waals surface area (Å²) in [5.41, 5.74) is 1.93. The van der Waals surface area contributed by atoms with Crippen LogP contribution < -0.4 is 10.5 Å². The fourth-order valence-electron chi connectivity index (χ4n) is 5.14. The first-order valence-electron chi connectivity index (χ1n) is 13.1. The van der Waals surface area contributed by atoms with Gasteiger partial charge >= 0.3 is 0 Å². The van der Waals surface area contributed by atoms with E-state index in [1.807, 2.05) is 29.2 Å². The minimum Gasteiger partial charge on any atom is -0.368 e. The number of nitro benzene ring substituents is 1. The maximum Gasteiger partial charge on any atom is 0.295 e. The van der Waals surface area contributed by atoms with Crippen LogP contribution in [0.2, 0.25) is 5.02 Å². The van der Waals surface area contributed by atoms with Crippen LogP contribution in [-0.2, 0) is 0 Å². The molecular weight excluding hydrogens is 542 g/mol. The molecule has 1 amide bonds. The van der Waals surface area contributed by atoms with Crippen LogP contribution in [0.25, 0.3) is 27.7 Å². The third-order valence-corrected chi connectivity index (χ3v) is 7.51. The molecule has 0 bridgehead atoms. The number of fused-ring (bicyclic) bond motifs is 1. The Balaban J connectivity index is 1.39. The quantitative estimate of drug-likeness (QED) is 0.204. The van der Waals surface area contributed by atoms with Crippen molar-refractivity contribution in [3.63, 3.8) is 0 Å². The van der Waals surface area contributed by atoms with Gasteiger partial charge in [0, 0.05) is 59.5 Å². The van der Waals surface area contributed by atoms with Gasteiger partial charge in [-0.2, -0.15) is 9.78 Å². The van der Waals surface area contributed by atoms with Gasteiger partial charge in [0.25, 0.3) is 17.2 Å². The van der Waals surface area contributed by atoms with Gasteiger partial charge in [-0.25, -0.2) is 0 Å². The molecule has 204 valence electrons. The van der Waals surface area contributed by atoms with E-state index in [1.165, 1.54) is 6.07 Å². The molecular formula is C31H24ClN5O4. The Morgan fingerprint density at radius 2 is 1.49 bits per heavy atom. The Hall–Kier alpha value is -5.02. The molecule has 9 nitrogen and oxygen atoms in total. The number of rotatable bonds is 5. The normalized spacial score (nSPS) is 13.4. The van der Waals surface area contributed by atoms with E-state index in [2.05, 4.69) is 5.10 Å². The Bertz CT molecular complexity index is 1830. The van der Waals surface area contributed by atoms with Crippen molar-refractivity contribution in [1.82, 2.24) is 14.7 Å². The van der Waals surface area contributed by atoms with E-state index in [4.69, 9.17) is 11.6 Å². The maximum atomic E-state index is 13.7. The summed E-state index contributed by atoms with van der Waals surface area (Å²) in [6.07, 6.45) is 0. The van der Waals surface area contributed by atoms with Crippen molar-refractivity contribution >= 4 is 39.7 Å². The number of piperazine rings is 1. The average Bonchev–Trinajstić information content (AvgIpc) is 3.02. The highest BCUT2D eigenvalue weighted by atomic mass is 35.5. The number of nitro groups is 1. The summed E-state index contributed by atoms with van der Waals surface area (Å²) < 4.78 is 1.11. The topological polar surface area (TPSA) is 102 Å². The Labute approximate surface area is 240 Å². The lowest BCUT2D eigenvalue weighted by atomic mass is 10.0. The summed E-state index contributed by atoms with van der Waals surface area (Å²) in [6.45, 7) is 2.06.